The van der Waals surface area contributed by atoms with Gasteiger partial charge in [-0.15, -0.1) is 0 Å². The van der Waals surface area contributed by atoms with E-state index in [0.717, 1.165) is 29.1 Å². The van der Waals surface area contributed by atoms with Gasteiger partial charge in [0.05, 0.1) is 5.56 Å². The number of hydrogen-bond acceptors (Lipinski definition) is 5. The highest BCUT2D eigenvalue weighted by Gasteiger charge is 2.27. The average molecular weight is 363 g/mol. The molecule has 3 aromatic rings. The molecule has 0 spiro atoms. The number of fused-ring (bicyclic) bond motifs is 1. The van der Waals surface area contributed by atoms with Crippen molar-refractivity contribution in [3.8, 4) is 5.88 Å². The molecule has 0 saturated carbocycles. The smallest absolute Gasteiger partial charge is 0.255 e. The zero-order chi connectivity index (χ0) is 18.8. The predicted molar refractivity (Wildman–Crippen MR) is 99.2 cm³/mol. The first-order valence-corrected chi connectivity index (χ1v) is 8.91. The summed E-state index contributed by atoms with van der Waals surface area (Å²) in [6.07, 6.45) is 4.11. The van der Waals surface area contributed by atoms with Gasteiger partial charge in [-0.2, -0.15) is 5.10 Å². The van der Waals surface area contributed by atoms with E-state index in [4.69, 9.17) is 4.74 Å². The summed E-state index contributed by atoms with van der Waals surface area (Å²) < 4.78 is 7.66. The van der Waals surface area contributed by atoms with Gasteiger partial charge in [-0.3, -0.25) is 14.5 Å². The molecule has 0 unspecified atom stereocenters. The van der Waals surface area contributed by atoms with Gasteiger partial charge in [0.15, 0.2) is 0 Å². The minimum atomic E-state index is -0.00593. The van der Waals surface area contributed by atoms with Gasteiger partial charge < -0.3 is 9.64 Å². The van der Waals surface area contributed by atoms with Crippen LogP contribution in [-0.2, 0) is 26.6 Å². The zero-order valence-electron chi connectivity index (χ0n) is 15.4. The van der Waals surface area contributed by atoms with Gasteiger partial charge in [-0.1, -0.05) is 6.07 Å². The molecule has 0 aliphatic carbocycles. The monoisotopic (exact) mass is 363 g/mol. The zero-order valence-corrected chi connectivity index (χ0v) is 15.4. The molecule has 0 saturated heterocycles. The number of ether oxygens (including phenoxy) is 1. The fourth-order valence-electron chi connectivity index (χ4n) is 3.31. The van der Waals surface area contributed by atoms with Crippen LogP contribution < -0.4 is 4.74 Å². The highest BCUT2D eigenvalue weighted by molar-refractivity contribution is 5.94. The van der Waals surface area contributed by atoms with E-state index < -0.39 is 0 Å². The van der Waals surface area contributed by atoms with E-state index >= 15 is 0 Å². The van der Waals surface area contributed by atoms with Crippen molar-refractivity contribution in [1.29, 1.82) is 0 Å². The second-order valence-corrected chi connectivity index (χ2v) is 6.62. The second-order valence-electron chi connectivity index (χ2n) is 6.62. The Kier molecular flexibility index (Phi) is 4.58. The maximum absolute atomic E-state index is 12.8. The molecule has 3 aromatic heterocycles. The van der Waals surface area contributed by atoms with Gasteiger partial charge in [0.2, 0.25) is 5.88 Å². The number of amides is 1. The molecular formula is C20H21N5O2. The summed E-state index contributed by atoms with van der Waals surface area (Å²) >= 11 is 0. The van der Waals surface area contributed by atoms with E-state index in [1.54, 1.807) is 12.4 Å². The van der Waals surface area contributed by atoms with E-state index in [2.05, 4.69) is 15.1 Å². The summed E-state index contributed by atoms with van der Waals surface area (Å²) in [4.78, 5) is 23.1. The molecule has 138 valence electrons. The number of carbonyl (C=O) groups is 1. The molecule has 27 heavy (non-hydrogen) atoms. The lowest BCUT2D eigenvalue weighted by atomic mass is 10.0. The Balaban J connectivity index is 1.52. The van der Waals surface area contributed by atoms with Crippen molar-refractivity contribution in [3.63, 3.8) is 0 Å². The summed E-state index contributed by atoms with van der Waals surface area (Å²) in [6, 6.07) is 9.23. The molecule has 0 aromatic carbocycles. The van der Waals surface area contributed by atoms with Crippen LogP contribution in [-0.4, -0.2) is 37.1 Å². The maximum atomic E-state index is 12.8. The first-order valence-electron chi connectivity index (χ1n) is 8.91. The molecule has 0 bridgehead atoms. The minimum Gasteiger partial charge on any atom is -0.471 e. The van der Waals surface area contributed by atoms with Crippen molar-refractivity contribution in [3.05, 3.63) is 70.9 Å². The quantitative estimate of drug-likeness (QED) is 0.711. The number of aromatic nitrogens is 4. The van der Waals surface area contributed by atoms with E-state index in [-0.39, 0.29) is 5.91 Å². The van der Waals surface area contributed by atoms with Crippen LogP contribution in [0.4, 0.5) is 0 Å². The Hall–Kier alpha value is -3.22. The molecule has 7 heteroatoms. The van der Waals surface area contributed by atoms with Crippen LogP contribution in [0.3, 0.4) is 0 Å². The van der Waals surface area contributed by atoms with Crippen molar-refractivity contribution < 1.29 is 9.53 Å². The van der Waals surface area contributed by atoms with E-state index in [0.29, 0.717) is 31.1 Å². The van der Waals surface area contributed by atoms with Gasteiger partial charge in [-0.05, 0) is 25.1 Å². The van der Waals surface area contributed by atoms with Crippen molar-refractivity contribution in [2.45, 2.75) is 26.5 Å². The number of carbonyl (C=O) groups excluding carboxylic acids is 1. The minimum absolute atomic E-state index is 0.00593. The van der Waals surface area contributed by atoms with Crippen LogP contribution in [0, 0.1) is 6.92 Å². The van der Waals surface area contributed by atoms with Gasteiger partial charge in [0.1, 0.15) is 12.3 Å². The summed E-state index contributed by atoms with van der Waals surface area (Å²) in [5.41, 5.74) is 4.57. The van der Waals surface area contributed by atoms with E-state index in [1.807, 2.05) is 53.9 Å². The molecular weight excluding hydrogens is 342 g/mol. The topological polar surface area (TPSA) is 73.1 Å². The Labute approximate surface area is 157 Å². The molecule has 4 heterocycles. The molecule has 7 nitrogen and oxygen atoms in total. The fraction of sp³-hybridized carbons (Fsp3) is 0.300. The molecule has 0 radical (unpaired) electrons. The van der Waals surface area contributed by atoms with E-state index in [1.165, 1.54) is 0 Å². The Morgan fingerprint density at radius 3 is 2.85 bits per heavy atom. The molecule has 0 N–H and O–H groups in total. The van der Waals surface area contributed by atoms with Gasteiger partial charge >= 0.3 is 0 Å². The Morgan fingerprint density at radius 1 is 1.22 bits per heavy atom. The van der Waals surface area contributed by atoms with Crippen molar-refractivity contribution in [2.24, 2.45) is 7.05 Å². The number of hydrogen-bond donors (Lipinski definition) is 0. The van der Waals surface area contributed by atoms with Crippen molar-refractivity contribution >= 4 is 5.91 Å². The Morgan fingerprint density at radius 2 is 2.11 bits per heavy atom. The lowest BCUT2D eigenvalue weighted by Gasteiger charge is -2.27. The lowest BCUT2D eigenvalue weighted by molar-refractivity contribution is 0.0732. The number of rotatable bonds is 4. The van der Waals surface area contributed by atoms with Crippen LogP contribution in [0.5, 0.6) is 5.88 Å². The number of aryl methyl sites for hydroxylation is 2. The third-order valence-electron chi connectivity index (χ3n) is 4.77. The Bertz CT molecular complexity index is 951. The third kappa shape index (κ3) is 3.53. The normalized spacial score (nSPS) is 13.3. The fourth-order valence-corrected chi connectivity index (χ4v) is 3.31. The summed E-state index contributed by atoms with van der Waals surface area (Å²) in [5, 5.41) is 4.60. The molecule has 1 amide bonds. The summed E-state index contributed by atoms with van der Waals surface area (Å²) in [6.45, 7) is 3.43. The largest absolute Gasteiger partial charge is 0.471 e. The SMILES string of the molecule is Cc1ccc(C(=O)N2CCc3c(c(COc4ccccn4)nn3C)C2)cn1. The number of nitrogens with zero attached hydrogens (tertiary/aromatic N) is 5. The number of pyridine rings is 2. The lowest BCUT2D eigenvalue weighted by Crippen LogP contribution is -2.36. The first kappa shape index (κ1) is 17.2. The first-order chi connectivity index (χ1) is 13.1. The van der Waals surface area contributed by atoms with Gasteiger partial charge in [0.25, 0.3) is 5.91 Å². The van der Waals surface area contributed by atoms with Crippen molar-refractivity contribution in [2.75, 3.05) is 6.54 Å². The van der Waals surface area contributed by atoms with Gasteiger partial charge in [0, 0.05) is 62.0 Å². The predicted octanol–water partition coefficient (Wildman–Crippen LogP) is 2.30. The molecule has 1 aliphatic rings. The summed E-state index contributed by atoms with van der Waals surface area (Å²) in [7, 11) is 1.93. The second kappa shape index (κ2) is 7.19. The highest BCUT2D eigenvalue weighted by atomic mass is 16.5. The maximum Gasteiger partial charge on any atom is 0.255 e. The average Bonchev–Trinajstić information content (AvgIpc) is 3.02. The highest BCUT2D eigenvalue weighted by Crippen LogP contribution is 2.24. The van der Waals surface area contributed by atoms with Crippen LogP contribution in [0.25, 0.3) is 0 Å². The van der Waals surface area contributed by atoms with Crippen LogP contribution >= 0.6 is 0 Å². The summed E-state index contributed by atoms with van der Waals surface area (Å²) in [5.74, 6) is 0.556. The molecule has 0 fully saturated rings. The van der Waals surface area contributed by atoms with Crippen LogP contribution in [0.2, 0.25) is 0 Å². The van der Waals surface area contributed by atoms with Crippen LogP contribution in [0.15, 0.2) is 42.7 Å². The van der Waals surface area contributed by atoms with E-state index in [9.17, 15) is 4.79 Å². The molecule has 4 rings (SSSR count). The molecule has 0 atom stereocenters. The van der Waals surface area contributed by atoms with Gasteiger partial charge in [-0.25, -0.2) is 4.98 Å². The third-order valence-corrected chi connectivity index (χ3v) is 4.77. The van der Waals surface area contributed by atoms with Crippen molar-refractivity contribution in [1.82, 2.24) is 24.6 Å². The van der Waals surface area contributed by atoms with Crippen LogP contribution in [0.1, 0.15) is 33.0 Å². The standard InChI is InChI=1S/C20H21N5O2/c1-14-6-7-15(11-22-14)20(26)25-10-8-18-16(12-25)17(23-24(18)2)13-27-19-5-3-4-9-21-19/h3-7,9,11H,8,10,12-13H2,1-2H3. The molecule has 1 aliphatic heterocycles.